The second kappa shape index (κ2) is 20.8. The average molecular weight is 733 g/mol. The van der Waals surface area contributed by atoms with Crippen LogP contribution >= 0.6 is 33.3 Å². The first-order valence-electron chi connectivity index (χ1n) is 15.3. The van der Waals surface area contributed by atoms with Crippen molar-refractivity contribution >= 4 is 86.4 Å². The Kier molecular flexibility index (Phi) is 17.6. The Balaban J connectivity index is 2.31. The van der Waals surface area contributed by atoms with E-state index in [-0.39, 0.29) is 40.6 Å². The van der Waals surface area contributed by atoms with Crippen LogP contribution in [0.15, 0.2) is 0 Å². The summed E-state index contributed by atoms with van der Waals surface area (Å²) in [7, 11) is 2.16. The Morgan fingerprint density at radius 1 is 0.625 bits per heavy atom. The third-order valence-corrected chi connectivity index (χ3v) is 10.3. The summed E-state index contributed by atoms with van der Waals surface area (Å²) < 4.78 is 0. The van der Waals surface area contributed by atoms with Crippen molar-refractivity contribution in [2.75, 3.05) is 55.7 Å². The molecule has 3 unspecified atom stereocenters. The monoisotopic (exact) mass is 732 g/mol. The Bertz CT molecular complexity index is 1240. The van der Waals surface area contributed by atoms with E-state index in [1.54, 1.807) is 0 Å². The van der Waals surface area contributed by atoms with Crippen LogP contribution < -0.4 is 42.5 Å². The van der Waals surface area contributed by atoms with Crippen LogP contribution in [0.1, 0.15) is 40.0 Å². The third kappa shape index (κ3) is 16.1. The molecule has 2 fully saturated rings. The van der Waals surface area contributed by atoms with Crippen molar-refractivity contribution in [3.63, 3.8) is 0 Å². The van der Waals surface area contributed by atoms with Gasteiger partial charge < -0.3 is 42.5 Å². The molecular weight excluding hydrogens is 689 g/mol. The quantitative estimate of drug-likeness (QED) is 0.131. The molecule has 2 saturated heterocycles. The van der Waals surface area contributed by atoms with Crippen molar-refractivity contribution in [3.8, 4) is 0 Å². The minimum absolute atomic E-state index is 0.0249. The number of hydrogen-bond acceptors (Lipinski definition) is 12. The maximum atomic E-state index is 13.3. The van der Waals surface area contributed by atoms with Gasteiger partial charge in [0, 0.05) is 23.7 Å². The Morgan fingerprint density at radius 3 is 1.58 bits per heavy atom. The van der Waals surface area contributed by atoms with Gasteiger partial charge in [-0.2, -0.15) is 0 Å². The maximum Gasteiger partial charge on any atom is 0.243 e. The maximum absolute atomic E-state index is 13.3. The highest BCUT2D eigenvalue weighted by Gasteiger charge is 2.29. The molecule has 0 aromatic rings. The zero-order valence-corrected chi connectivity index (χ0v) is 29.6. The topological polar surface area (TPSA) is 250 Å². The van der Waals surface area contributed by atoms with Gasteiger partial charge in [0.05, 0.1) is 44.5 Å². The number of Topliss-reactive ketones (excluding diaryl/α,β-unsaturated/α-hetero) is 1. The Hall–Kier alpha value is -3.52. The van der Waals surface area contributed by atoms with Crippen molar-refractivity contribution in [1.29, 1.82) is 0 Å². The molecule has 0 spiro atoms. The fourth-order valence-electron chi connectivity index (χ4n) is 4.47. The predicted octanol–water partition coefficient (Wildman–Crippen LogP) is -3.05. The highest BCUT2D eigenvalue weighted by Crippen LogP contribution is 2.28. The predicted molar refractivity (Wildman–Crippen MR) is 181 cm³/mol. The Labute approximate surface area is 290 Å². The molecule has 2 aliphatic rings. The molecule has 2 rings (SSSR count). The van der Waals surface area contributed by atoms with Crippen LogP contribution in [0.25, 0.3) is 0 Å². The molecule has 8 N–H and O–H groups in total. The Morgan fingerprint density at radius 2 is 1.06 bits per heavy atom. The van der Waals surface area contributed by atoms with Crippen molar-refractivity contribution < 1.29 is 43.2 Å². The van der Waals surface area contributed by atoms with Crippen molar-refractivity contribution in [1.82, 2.24) is 42.5 Å². The number of hydrogen-bond donors (Lipinski definition) is 8. The summed E-state index contributed by atoms with van der Waals surface area (Å²) in [5, 5.41) is 19.5. The van der Waals surface area contributed by atoms with Crippen LogP contribution in [-0.2, 0) is 43.2 Å². The minimum Gasteiger partial charge on any atom is -0.346 e. The first kappa shape index (κ1) is 40.7. The lowest BCUT2D eigenvalue weighted by molar-refractivity contribution is -0.131. The molecule has 2 bridgehead atoms. The summed E-state index contributed by atoms with van der Waals surface area (Å²) in [4.78, 5) is 114. The first-order valence-corrected chi connectivity index (χ1v) is 18.9. The number of carbonyl (C=O) groups excluding carboxylic acids is 9. The van der Waals surface area contributed by atoms with Crippen LogP contribution in [0.3, 0.4) is 0 Å². The van der Waals surface area contributed by atoms with E-state index in [1.807, 2.05) is 20.8 Å². The van der Waals surface area contributed by atoms with E-state index >= 15 is 0 Å². The molecule has 2 aliphatic heterocycles. The van der Waals surface area contributed by atoms with Gasteiger partial charge in [-0.1, -0.05) is 48.8 Å². The molecule has 0 aromatic carbocycles. The van der Waals surface area contributed by atoms with Crippen molar-refractivity contribution in [2.24, 2.45) is 5.41 Å². The van der Waals surface area contributed by atoms with Gasteiger partial charge in [-0.15, -0.1) is 11.8 Å². The molecule has 20 heteroatoms. The van der Waals surface area contributed by atoms with Gasteiger partial charge in [-0.05, 0) is 11.8 Å². The van der Waals surface area contributed by atoms with E-state index in [2.05, 4.69) is 42.5 Å². The fraction of sp³-hybridized carbons (Fsp3) is 0.679. The van der Waals surface area contributed by atoms with Gasteiger partial charge in [-0.25, -0.2) is 0 Å². The average Bonchev–Trinajstić information content (AvgIpc) is 3.02. The summed E-state index contributed by atoms with van der Waals surface area (Å²) in [5.74, 6) is -5.82. The lowest BCUT2D eigenvalue weighted by Gasteiger charge is -2.26. The van der Waals surface area contributed by atoms with E-state index < -0.39 is 98.1 Å². The lowest BCUT2D eigenvalue weighted by Crippen LogP contribution is -2.53. The summed E-state index contributed by atoms with van der Waals surface area (Å²) in [5.41, 5.74) is -0.331. The van der Waals surface area contributed by atoms with E-state index in [4.69, 9.17) is 0 Å². The van der Waals surface area contributed by atoms with Gasteiger partial charge in [-0.3, -0.25) is 43.2 Å². The summed E-state index contributed by atoms with van der Waals surface area (Å²) >= 11 is 1.07. The van der Waals surface area contributed by atoms with Crippen LogP contribution in [-0.4, -0.2) is 127 Å². The molecule has 48 heavy (non-hydrogen) atoms. The van der Waals surface area contributed by atoms with Crippen molar-refractivity contribution in [3.05, 3.63) is 0 Å². The minimum atomic E-state index is -1.18. The zero-order chi connectivity index (χ0) is 35.7. The third-order valence-electron chi connectivity index (χ3n) is 6.86. The molecular formula is C28H44N8O9S3. The lowest BCUT2D eigenvalue weighted by atomic mass is 9.82. The number of fused-ring (bicyclic) bond motifs is 5. The van der Waals surface area contributed by atoms with Gasteiger partial charge in [0.15, 0.2) is 5.78 Å². The standard InChI is InChI=1S/C28H44N8O9S3/c1-4-5-28(2,3)6-19(37)16-12-46-15-25(43)31-10-23(41)36-17-13-47-48-14-18(27(45)33-11-24(42)34-16)35-22(40)9-30-20(38)7-29-21(39)8-32-26(17)44/h16-18H,4-15H2,1-3H3,(H,29,39)(H,30,38)(H,31,43)(H,32,44)(H,33,45)(H,34,42)(H,35,40)(H,36,41). The molecule has 8 amide bonds. The number of rotatable bonds is 5. The van der Waals surface area contributed by atoms with Crippen molar-refractivity contribution in [2.45, 2.75) is 58.2 Å². The zero-order valence-electron chi connectivity index (χ0n) is 27.1. The van der Waals surface area contributed by atoms with Gasteiger partial charge in [0.25, 0.3) is 0 Å². The molecule has 17 nitrogen and oxygen atoms in total. The molecule has 268 valence electrons. The smallest absolute Gasteiger partial charge is 0.243 e. The number of thioether (sulfide) groups is 1. The van der Waals surface area contributed by atoms with Gasteiger partial charge in [0.1, 0.15) is 12.1 Å². The van der Waals surface area contributed by atoms with Gasteiger partial charge >= 0.3 is 0 Å². The van der Waals surface area contributed by atoms with Crippen LogP contribution in [0, 0.1) is 5.41 Å². The SMILES string of the molecule is CCCC(C)(C)CC(=O)C1CSCC(=O)NCC(=O)NC2CSSCC(NC(=O)CNC(=O)CNC(=O)CNC2=O)C(=O)NCC(=O)N1. The van der Waals surface area contributed by atoms with E-state index in [0.717, 1.165) is 46.2 Å². The molecule has 0 aromatic heterocycles. The summed E-state index contributed by atoms with van der Waals surface area (Å²) in [6, 6.07) is -3.31. The summed E-state index contributed by atoms with van der Waals surface area (Å²) in [6.07, 6.45) is 1.80. The summed E-state index contributed by atoms with van der Waals surface area (Å²) in [6.45, 7) is 3.42. The number of amides is 8. The van der Waals surface area contributed by atoms with Crippen LogP contribution in [0.2, 0.25) is 0 Å². The molecule has 3 atom stereocenters. The number of carbonyl (C=O) groups is 9. The van der Waals surface area contributed by atoms with Crippen LogP contribution in [0.4, 0.5) is 0 Å². The van der Waals surface area contributed by atoms with E-state index in [0.29, 0.717) is 0 Å². The second-order valence-corrected chi connectivity index (χ2v) is 15.4. The highest BCUT2D eigenvalue weighted by atomic mass is 33.1. The first-order chi connectivity index (χ1) is 22.7. The van der Waals surface area contributed by atoms with Gasteiger partial charge in [0.2, 0.25) is 47.3 Å². The molecule has 0 aliphatic carbocycles. The van der Waals surface area contributed by atoms with Crippen LogP contribution in [0.5, 0.6) is 0 Å². The number of ketones is 1. The molecule has 0 radical (unpaired) electrons. The van der Waals surface area contributed by atoms with E-state index in [1.165, 1.54) is 0 Å². The normalized spacial score (nSPS) is 24.1. The highest BCUT2D eigenvalue weighted by molar-refractivity contribution is 8.76. The second-order valence-electron chi connectivity index (χ2n) is 11.8. The largest absolute Gasteiger partial charge is 0.346 e. The number of nitrogens with one attached hydrogen (secondary N) is 8. The van der Waals surface area contributed by atoms with E-state index in [9.17, 15) is 43.2 Å². The molecule has 0 saturated carbocycles. The fourth-order valence-corrected chi connectivity index (χ4v) is 7.71. The molecule has 2 heterocycles.